The number of aryl methyl sites for hydroxylation is 1. The first-order valence-corrected chi connectivity index (χ1v) is 10.7. The van der Waals surface area contributed by atoms with Crippen LogP contribution in [0.15, 0.2) is 59.5 Å². The summed E-state index contributed by atoms with van der Waals surface area (Å²) in [6.07, 6.45) is 4.54. The molecule has 31 heavy (non-hydrogen) atoms. The third kappa shape index (κ3) is 3.76. The van der Waals surface area contributed by atoms with Gasteiger partial charge in [0.2, 0.25) is 0 Å². The van der Waals surface area contributed by atoms with Crippen LogP contribution in [-0.2, 0) is 6.54 Å². The molecule has 8 heteroatoms. The van der Waals surface area contributed by atoms with Crippen LogP contribution in [0.1, 0.15) is 29.6 Å². The maximum Gasteiger partial charge on any atom is 0.350 e. The maximum absolute atomic E-state index is 13.0. The van der Waals surface area contributed by atoms with E-state index in [1.807, 2.05) is 36.4 Å². The van der Waals surface area contributed by atoms with E-state index in [0.29, 0.717) is 30.7 Å². The molecule has 1 amide bonds. The molecule has 1 saturated heterocycles. The van der Waals surface area contributed by atoms with Crippen LogP contribution >= 0.6 is 0 Å². The van der Waals surface area contributed by atoms with Crippen molar-refractivity contribution >= 4 is 28.3 Å². The quantitative estimate of drug-likeness (QED) is 0.488. The fourth-order valence-electron chi connectivity index (χ4n) is 4.08. The maximum atomic E-state index is 13.0. The lowest BCUT2D eigenvalue weighted by molar-refractivity contribution is 0.0953. The molecule has 1 N–H and O–H groups in total. The van der Waals surface area contributed by atoms with Gasteiger partial charge in [-0.15, -0.1) is 5.10 Å². The molecular weight excluding hydrogens is 392 g/mol. The zero-order valence-corrected chi connectivity index (χ0v) is 17.2. The third-order valence-electron chi connectivity index (χ3n) is 5.67. The van der Waals surface area contributed by atoms with E-state index < -0.39 is 0 Å². The summed E-state index contributed by atoms with van der Waals surface area (Å²) in [4.78, 5) is 32.4. The average Bonchev–Trinajstić information content (AvgIpc) is 3.44. The first kappa shape index (κ1) is 19.3. The topological polar surface area (TPSA) is 84.5 Å². The van der Waals surface area contributed by atoms with Crippen molar-refractivity contribution in [3.8, 4) is 0 Å². The van der Waals surface area contributed by atoms with E-state index in [4.69, 9.17) is 4.98 Å². The minimum absolute atomic E-state index is 0.137. The Bertz CT molecular complexity index is 1300. The van der Waals surface area contributed by atoms with Crippen LogP contribution in [0.25, 0.3) is 16.6 Å². The molecule has 0 radical (unpaired) electrons. The number of hydrogen-bond donors (Lipinski definition) is 1. The summed E-state index contributed by atoms with van der Waals surface area (Å²) in [7, 11) is 0. The number of anilines is 1. The van der Waals surface area contributed by atoms with Crippen molar-refractivity contribution in [3.05, 3.63) is 70.8 Å². The number of para-hydroxylation sites is 1. The lowest BCUT2D eigenvalue weighted by atomic mass is 10.1. The number of hydrogen-bond acceptors (Lipinski definition) is 5. The predicted molar refractivity (Wildman–Crippen MR) is 120 cm³/mol. The fraction of sp³-hybridized carbons (Fsp3) is 0.304. The van der Waals surface area contributed by atoms with Crippen LogP contribution in [0, 0.1) is 0 Å². The molecule has 4 heterocycles. The molecule has 0 aliphatic carbocycles. The van der Waals surface area contributed by atoms with Gasteiger partial charge in [-0.05, 0) is 43.5 Å². The molecular formula is C23H24N6O2. The number of fused-ring (bicyclic) bond motifs is 2. The molecule has 1 aliphatic rings. The molecule has 0 saturated carbocycles. The van der Waals surface area contributed by atoms with Crippen molar-refractivity contribution < 1.29 is 4.79 Å². The SMILES string of the molecule is O=C(NCCCn1nc2ccccn2c1=O)c1cc2ccccc2nc1N1CCCC1. The van der Waals surface area contributed by atoms with Crippen molar-refractivity contribution in [3.63, 3.8) is 0 Å². The number of rotatable bonds is 6. The van der Waals surface area contributed by atoms with Crippen molar-refractivity contribution in [1.82, 2.24) is 24.5 Å². The molecule has 158 valence electrons. The van der Waals surface area contributed by atoms with Gasteiger partial charge in [-0.1, -0.05) is 24.3 Å². The van der Waals surface area contributed by atoms with Crippen LogP contribution in [-0.4, -0.2) is 44.7 Å². The lowest BCUT2D eigenvalue weighted by Crippen LogP contribution is -2.30. The Morgan fingerprint density at radius 1 is 1.06 bits per heavy atom. The number of carbonyl (C=O) groups is 1. The van der Waals surface area contributed by atoms with Gasteiger partial charge in [-0.2, -0.15) is 0 Å². The Balaban J connectivity index is 1.30. The minimum Gasteiger partial charge on any atom is -0.356 e. The van der Waals surface area contributed by atoms with E-state index in [1.54, 1.807) is 18.3 Å². The molecule has 4 aromatic rings. The van der Waals surface area contributed by atoms with E-state index in [0.717, 1.165) is 42.7 Å². The van der Waals surface area contributed by atoms with Gasteiger partial charge in [-0.3, -0.25) is 9.20 Å². The van der Waals surface area contributed by atoms with Crippen LogP contribution in [0.5, 0.6) is 0 Å². The van der Waals surface area contributed by atoms with Crippen LogP contribution in [0.3, 0.4) is 0 Å². The molecule has 8 nitrogen and oxygen atoms in total. The summed E-state index contributed by atoms with van der Waals surface area (Å²) in [6, 6.07) is 15.2. The Labute approximate surface area is 179 Å². The molecule has 1 aromatic carbocycles. The van der Waals surface area contributed by atoms with E-state index >= 15 is 0 Å². The normalized spacial score (nSPS) is 13.9. The van der Waals surface area contributed by atoms with E-state index in [9.17, 15) is 9.59 Å². The van der Waals surface area contributed by atoms with E-state index in [2.05, 4.69) is 15.3 Å². The van der Waals surface area contributed by atoms with Crippen molar-refractivity contribution in [1.29, 1.82) is 0 Å². The summed E-state index contributed by atoms with van der Waals surface area (Å²) in [5.74, 6) is 0.618. The first-order valence-electron chi connectivity index (χ1n) is 10.7. The number of nitrogens with one attached hydrogen (secondary N) is 1. The number of amides is 1. The molecule has 1 fully saturated rings. The summed E-state index contributed by atoms with van der Waals surface area (Å²) in [5, 5.41) is 8.27. The summed E-state index contributed by atoms with van der Waals surface area (Å²) >= 11 is 0. The Kier molecular flexibility index (Phi) is 5.11. The highest BCUT2D eigenvalue weighted by atomic mass is 16.2. The van der Waals surface area contributed by atoms with Crippen LogP contribution < -0.4 is 15.9 Å². The van der Waals surface area contributed by atoms with Crippen LogP contribution in [0.2, 0.25) is 0 Å². The van der Waals surface area contributed by atoms with Crippen molar-refractivity contribution in [2.45, 2.75) is 25.8 Å². The van der Waals surface area contributed by atoms with Gasteiger partial charge in [0.25, 0.3) is 5.91 Å². The minimum atomic E-state index is -0.169. The molecule has 5 rings (SSSR count). The number of carbonyl (C=O) groups excluding carboxylic acids is 1. The smallest absolute Gasteiger partial charge is 0.350 e. The second kappa shape index (κ2) is 8.22. The zero-order chi connectivity index (χ0) is 21.2. The largest absolute Gasteiger partial charge is 0.356 e. The van der Waals surface area contributed by atoms with Gasteiger partial charge in [0, 0.05) is 37.8 Å². The second-order valence-corrected chi connectivity index (χ2v) is 7.79. The third-order valence-corrected chi connectivity index (χ3v) is 5.67. The average molecular weight is 416 g/mol. The van der Waals surface area contributed by atoms with E-state index in [-0.39, 0.29) is 11.6 Å². The summed E-state index contributed by atoms with van der Waals surface area (Å²) in [5.41, 5.74) is 1.95. The van der Waals surface area contributed by atoms with Gasteiger partial charge < -0.3 is 10.2 Å². The summed E-state index contributed by atoms with van der Waals surface area (Å²) < 4.78 is 2.95. The van der Waals surface area contributed by atoms with Gasteiger partial charge in [0.1, 0.15) is 5.82 Å². The van der Waals surface area contributed by atoms with E-state index in [1.165, 1.54) is 9.08 Å². The molecule has 0 unspecified atom stereocenters. The number of pyridine rings is 2. The molecule has 0 spiro atoms. The standard InChI is InChI=1S/C23H24N6O2/c30-22(24-11-7-15-29-23(31)28-14-4-3-10-20(28)26-29)18-16-17-8-1-2-9-19(17)25-21(18)27-12-5-6-13-27/h1-4,8-10,14,16H,5-7,11-13,15H2,(H,24,30). The molecule has 0 bridgehead atoms. The van der Waals surface area contributed by atoms with Crippen molar-refractivity contribution in [2.75, 3.05) is 24.5 Å². The number of aromatic nitrogens is 4. The Morgan fingerprint density at radius 3 is 2.71 bits per heavy atom. The monoisotopic (exact) mass is 416 g/mol. The highest BCUT2D eigenvalue weighted by molar-refractivity contribution is 6.02. The molecule has 1 aliphatic heterocycles. The summed E-state index contributed by atoms with van der Waals surface area (Å²) in [6.45, 7) is 2.73. The molecule has 0 atom stereocenters. The van der Waals surface area contributed by atoms with Gasteiger partial charge >= 0.3 is 5.69 Å². The zero-order valence-electron chi connectivity index (χ0n) is 17.2. The lowest BCUT2D eigenvalue weighted by Gasteiger charge is -2.20. The van der Waals surface area contributed by atoms with Crippen molar-refractivity contribution in [2.24, 2.45) is 0 Å². The van der Waals surface area contributed by atoms with Gasteiger partial charge in [-0.25, -0.2) is 14.5 Å². The second-order valence-electron chi connectivity index (χ2n) is 7.79. The Hall–Kier alpha value is -3.68. The highest BCUT2D eigenvalue weighted by Gasteiger charge is 2.22. The number of benzene rings is 1. The first-order chi connectivity index (χ1) is 15.2. The van der Waals surface area contributed by atoms with Gasteiger partial charge in [0.15, 0.2) is 5.65 Å². The predicted octanol–water partition coefficient (Wildman–Crippen LogP) is 2.46. The number of nitrogens with zero attached hydrogens (tertiary/aromatic N) is 5. The fourth-order valence-corrected chi connectivity index (χ4v) is 4.08. The van der Waals surface area contributed by atoms with Crippen LogP contribution in [0.4, 0.5) is 5.82 Å². The van der Waals surface area contributed by atoms with Gasteiger partial charge in [0.05, 0.1) is 11.1 Å². The highest BCUT2D eigenvalue weighted by Crippen LogP contribution is 2.26. The molecule has 3 aromatic heterocycles. The Morgan fingerprint density at radius 2 is 1.87 bits per heavy atom.